The van der Waals surface area contributed by atoms with Crippen LogP contribution in [-0.4, -0.2) is 11.8 Å². The zero-order valence-electron chi connectivity index (χ0n) is 8.27. The van der Waals surface area contributed by atoms with Crippen molar-refractivity contribution in [2.75, 3.05) is 0 Å². The predicted molar refractivity (Wildman–Crippen MR) is 60.1 cm³/mol. The molecule has 1 atom stereocenters. The minimum absolute atomic E-state index is 0.0625. The second kappa shape index (κ2) is 3.76. The molecule has 1 aromatic carbocycles. The van der Waals surface area contributed by atoms with Gasteiger partial charge in [0.2, 0.25) is 0 Å². The van der Waals surface area contributed by atoms with E-state index in [4.69, 9.17) is 5.73 Å². The van der Waals surface area contributed by atoms with Crippen LogP contribution in [0, 0.1) is 0 Å². The number of allylic oxidation sites excluding steroid dienone is 1. The lowest BCUT2D eigenvalue weighted by Crippen LogP contribution is -2.25. The summed E-state index contributed by atoms with van der Waals surface area (Å²) in [5, 5.41) is 0. The molecule has 2 rings (SSSR count). The normalized spacial score (nSPS) is 17.6. The van der Waals surface area contributed by atoms with E-state index < -0.39 is 0 Å². The first-order valence-electron chi connectivity index (χ1n) is 4.84. The molecular weight excluding hydrogens is 172 g/mol. The Kier molecular flexibility index (Phi) is 2.46. The van der Waals surface area contributed by atoms with Crippen molar-refractivity contribution in [3.63, 3.8) is 0 Å². The van der Waals surface area contributed by atoms with Gasteiger partial charge in [0.1, 0.15) is 0 Å². The summed E-state index contributed by atoms with van der Waals surface area (Å²) >= 11 is 0. The molecule has 1 aromatic rings. The van der Waals surface area contributed by atoms with E-state index in [-0.39, 0.29) is 6.04 Å². The van der Waals surface area contributed by atoms with Crippen LogP contribution in [0.25, 0.3) is 5.57 Å². The first-order chi connectivity index (χ1) is 6.77. The number of nitrogens with two attached hydrogens (primary N) is 1. The van der Waals surface area contributed by atoms with E-state index in [1.807, 2.05) is 31.3 Å². The van der Waals surface area contributed by atoms with Gasteiger partial charge in [0.25, 0.3) is 0 Å². The van der Waals surface area contributed by atoms with Crippen molar-refractivity contribution < 1.29 is 0 Å². The average molecular weight is 186 g/mol. The second-order valence-corrected chi connectivity index (χ2v) is 3.61. The topological polar surface area (TPSA) is 38.4 Å². The van der Waals surface area contributed by atoms with Crippen molar-refractivity contribution in [3.8, 4) is 0 Å². The number of hydrogen-bond donors (Lipinski definition) is 1. The summed E-state index contributed by atoms with van der Waals surface area (Å²) in [6.07, 6.45) is 2.82. The molecule has 2 N–H and O–H groups in total. The monoisotopic (exact) mass is 186 g/mol. The first kappa shape index (κ1) is 9.16. The minimum Gasteiger partial charge on any atom is -0.323 e. The molecule has 0 saturated heterocycles. The Balaban J connectivity index is 2.13. The SMILES string of the molecule is C[C@H](N)C1=NC=C(c2ccccc2)C1. The highest BCUT2D eigenvalue weighted by molar-refractivity contribution is 6.01. The molecule has 0 radical (unpaired) electrons. The molecule has 0 saturated carbocycles. The molecule has 1 aliphatic rings. The molecular formula is C12H14N2. The van der Waals surface area contributed by atoms with Crippen LogP contribution in [0.5, 0.6) is 0 Å². The van der Waals surface area contributed by atoms with Gasteiger partial charge >= 0.3 is 0 Å². The minimum atomic E-state index is 0.0625. The summed E-state index contributed by atoms with van der Waals surface area (Å²) in [5.41, 5.74) is 9.35. The van der Waals surface area contributed by atoms with E-state index in [1.54, 1.807) is 0 Å². The van der Waals surface area contributed by atoms with Crippen molar-refractivity contribution >= 4 is 11.3 Å². The summed E-state index contributed by atoms with van der Waals surface area (Å²) in [5.74, 6) is 0. The number of nitrogens with zero attached hydrogens (tertiary/aromatic N) is 1. The lowest BCUT2D eigenvalue weighted by molar-refractivity contribution is 0.961. The standard InChI is InChI=1S/C12H14N2/c1-9(13)12-7-11(8-14-12)10-5-3-2-4-6-10/h2-6,8-9H,7,13H2,1H3/t9-/m0/s1. The Hall–Kier alpha value is -1.41. The molecule has 1 heterocycles. The van der Waals surface area contributed by atoms with Gasteiger partial charge in [0.15, 0.2) is 0 Å². The Morgan fingerprint density at radius 1 is 1.29 bits per heavy atom. The van der Waals surface area contributed by atoms with Gasteiger partial charge in [-0.05, 0) is 18.1 Å². The maximum absolute atomic E-state index is 5.77. The lowest BCUT2D eigenvalue weighted by atomic mass is 10.0. The summed E-state index contributed by atoms with van der Waals surface area (Å²) in [4.78, 5) is 4.32. The van der Waals surface area contributed by atoms with Crippen LogP contribution in [0.1, 0.15) is 18.9 Å². The molecule has 2 heteroatoms. The van der Waals surface area contributed by atoms with Gasteiger partial charge in [0, 0.05) is 24.4 Å². The largest absolute Gasteiger partial charge is 0.323 e. The highest BCUT2D eigenvalue weighted by Gasteiger charge is 2.14. The quantitative estimate of drug-likeness (QED) is 0.755. The van der Waals surface area contributed by atoms with E-state index in [9.17, 15) is 0 Å². The van der Waals surface area contributed by atoms with Gasteiger partial charge in [-0.2, -0.15) is 0 Å². The molecule has 2 nitrogen and oxygen atoms in total. The van der Waals surface area contributed by atoms with Gasteiger partial charge in [-0.15, -0.1) is 0 Å². The third-order valence-electron chi connectivity index (χ3n) is 2.43. The van der Waals surface area contributed by atoms with Gasteiger partial charge in [-0.1, -0.05) is 30.3 Å². The van der Waals surface area contributed by atoms with Crippen LogP contribution in [0.2, 0.25) is 0 Å². The number of aliphatic imine (C=N–C) groups is 1. The molecule has 0 amide bonds. The van der Waals surface area contributed by atoms with E-state index in [0.29, 0.717) is 0 Å². The average Bonchev–Trinajstić information content (AvgIpc) is 2.68. The van der Waals surface area contributed by atoms with Crippen LogP contribution >= 0.6 is 0 Å². The third kappa shape index (κ3) is 1.75. The highest BCUT2D eigenvalue weighted by Crippen LogP contribution is 2.23. The van der Waals surface area contributed by atoms with Gasteiger partial charge in [0.05, 0.1) is 0 Å². The van der Waals surface area contributed by atoms with Crippen LogP contribution in [0.15, 0.2) is 41.5 Å². The second-order valence-electron chi connectivity index (χ2n) is 3.61. The summed E-state index contributed by atoms with van der Waals surface area (Å²) in [7, 11) is 0. The van der Waals surface area contributed by atoms with Crippen molar-refractivity contribution in [1.29, 1.82) is 0 Å². The van der Waals surface area contributed by atoms with E-state index in [1.165, 1.54) is 11.1 Å². The Morgan fingerprint density at radius 3 is 2.57 bits per heavy atom. The predicted octanol–water partition coefficient (Wildman–Crippen LogP) is 2.22. The van der Waals surface area contributed by atoms with Gasteiger partial charge in [-0.3, -0.25) is 4.99 Å². The molecule has 0 bridgehead atoms. The Bertz CT molecular complexity index is 375. The van der Waals surface area contributed by atoms with Crippen molar-refractivity contribution in [1.82, 2.24) is 0 Å². The summed E-state index contributed by atoms with van der Waals surface area (Å²) in [6, 6.07) is 10.4. The molecule has 0 spiro atoms. The zero-order valence-corrected chi connectivity index (χ0v) is 8.27. The highest BCUT2D eigenvalue weighted by atomic mass is 14.8. The maximum atomic E-state index is 5.77. The van der Waals surface area contributed by atoms with E-state index >= 15 is 0 Å². The molecule has 0 aromatic heterocycles. The lowest BCUT2D eigenvalue weighted by Gasteiger charge is -2.05. The zero-order chi connectivity index (χ0) is 9.97. The fraction of sp³-hybridized carbons (Fsp3) is 0.250. The maximum Gasteiger partial charge on any atom is 0.0404 e. The van der Waals surface area contributed by atoms with Crippen LogP contribution in [0.3, 0.4) is 0 Å². The molecule has 0 fully saturated rings. The molecule has 1 aliphatic heterocycles. The Morgan fingerprint density at radius 2 is 2.00 bits per heavy atom. The van der Waals surface area contributed by atoms with Gasteiger partial charge < -0.3 is 5.73 Å². The van der Waals surface area contributed by atoms with Crippen LogP contribution in [-0.2, 0) is 0 Å². The smallest absolute Gasteiger partial charge is 0.0404 e. The molecule has 0 unspecified atom stereocenters. The van der Waals surface area contributed by atoms with Crippen LogP contribution < -0.4 is 5.73 Å². The molecule has 72 valence electrons. The van der Waals surface area contributed by atoms with Gasteiger partial charge in [-0.25, -0.2) is 0 Å². The summed E-state index contributed by atoms with van der Waals surface area (Å²) in [6.45, 7) is 1.97. The van der Waals surface area contributed by atoms with E-state index in [2.05, 4.69) is 17.1 Å². The first-order valence-corrected chi connectivity index (χ1v) is 4.84. The van der Waals surface area contributed by atoms with Crippen molar-refractivity contribution in [2.24, 2.45) is 10.7 Å². The Labute approximate surface area is 84.2 Å². The summed E-state index contributed by atoms with van der Waals surface area (Å²) < 4.78 is 0. The van der Waals surface area contributed by atoms with Crippen LogP contribution in [0.4, 0.5) is 0 Å². The molecule has 14 heavy (non-hydrogen) atoms. The van der Waals surface area contributed by atoms with Crippen molar-refractivity contribution in [2.45, 2.75) is 19.4 Å². The number of hydrogen-bond acceptors (Lipinski definition) is 2. The number of benzene rings is 1. The van der Waals surface area contributed by atoms with Crippen molar-refractivity contribution in [3.05, 3.63) is 42.1 Å². The fourth-order valence-corrected chi connectivity index (χ4v) is 1.55. The van der Waals surface area contributed by atoms with E-state index in [0.717, 1.165) is 12.1 Å². The number of rotatable bonds is 2. The fourth-order valence-electron chi connectivity index (χ4n) is 1.55. The third-order valence-corrected chi connectivity index (χ3v) is 2.43. The molecule has 0 aliphatic carbocycles.